The van der Waals surface area contributed by atoms with Crippen LogP contribution < -0.4 is 10.2 Å². The molecule has 0 aromatic carbocycles. The highest BCUT2D eigenvalue weighted by molar-refractivity contribution is 5.30. The molecule has 106 valence electrons. The van der Waals surface area contributed by atoms with E-state index in [2.05, 4.69) is 27.1 Å². The van der Waals surface area contributed by atoms with E-state index in [9.17, 15) is 0 Å². The van der Waals surface area contributed by atoms with Crippen molar-refractivity contribution in [3.8, 4) is 0 Å². The second kappa shape index (κ2) is 6.05. The number of nitrogens with zero attached hydrogens (tertiary/aromatic N) is 3. The molecule has 0 saturated heterocycles. The smallest absolute Gasteiger partial charge is 0.225 e. The number of furan rings is 1. The molecule has 0 aliphatic heterocycles. The van der Waals surface area contributed by atoms with Gasteiger partial charge in [0.25, 0.3) is 0 Å². The molecule has 2 aromatic heterocycles. The van der Waals surface area contributed by atoms with E-state index in [1.807, 2.05) is 24.5 Å². The lowest BCUT2D eigenvalue weighted by molar-refractivity contribution is 0.501. The minimum absolute atomic E-state index is 0.698. The molecule has 2 heterocycles. The summed E-state index contributed by atoms with van der Waals surface area (Å²) in [7, 11) is 0. The van der Waals surface area contributed by atoms with Gasteiger partial charge in [0.05, 0.1) is 12.8 Å². The van der Waals surface area contributed by atoms with Crippen molar-refractivity contribution in [2.45, 2.75) is 38.9 Å². The third kappa shape index (κ3) is 3.36. The average molecular weight is 272 g/mol. The third-order valence-electron chi connectivity index (χ3n) is 3.46. The Morgan fingerprint density at radius 1 is 1.35 bits per heavy atom. The van der Waals surface area contributed by atoms with Crippen molar-refractivity contribution in [1.29, 1.82) is 0 Å². The van der Waals surface area contributed by atoms with Gasteiger partial charge in [0, 0.05) is 37.1 Å². The summed E-state index contributed by atoms with van der Waals surface area (Å²) in [5.41, 5.74) is 1.13. The van der Waals surface area contributed by atoms with Crippen LogP contribution in [0.2, 0.25) is 0 Å². The van der Waals surface area contributed by atoms with Crippen molar-refractivity contribution in [1.82, 2.24) is 15.3 Å². The molecular formula is C15H20N4O. The van der Waals surface area contributed by atoms with Gasteiger partial charge < -0.3 is 14.6 Å². The van der Waals surface area contributed by atoms with Gasteiger partial charge in [-0.05, 0) is 31.9 Å². The second-order valence-corrected chi connectivity index (χ2v) is 5.14. The molecule has 20 heavy (non-hydrogen) atoms. The zero-order valence-electron chi connectivity index (χ0n) is 11.7. The maximum Gasteiger partial charge on any atom is 0.225 e. The molecule has 0 radical (unpaired) electrons. The topological polar surface area (TPSA) is 54.2 Å². The van der Waals surface area contributed by atoms with E-state index < -0.39 is 0 Å². The second-order valence-electron chi connectivity index (χ2n) is 5.14. The number of hydrogen-bond acceptors (Lipinski definition) is 5. The Kier molecular flexibility index (Phi) is 3.97. The van der Waals surface area contributed by atoms with Crippen molar-refractivity contribution in [2.24, 2.45) is 0 Å². The van der Waals surface area contributed by atoms with Crippen molar-refractivity contribution in [3.05, 3.63) is 42.1 Å². The van der Waals surface area contributed by atoms with Crippen molar-refractivity contribution in [3.63, 3.8) is 0 Å². The Morgan fingerprint density at radius 3 is 2.75 bits per heavy atom. The van der Waals surface area contributed by atoms with E-state index in [0.29, 0.717) is 12.6 Å². The number of aromatic nitrogens is 2. The first-order valence-corrected chi connectivity index (χ1v) is 7.17. The molecular weight excluding hydrogens is 252 g/mol. The Bertz CT molecular complexity index is 519. The van der Waals surface area contributed by atoms with Crippen molar-refractivity contribution >= 4 is 5.95 Å². The van der Waals surface area contributed by atoms with Gasteiger partial charge in [-0.1, -0.05) is 0 Å². The quantitative estimate of drug-likeness (QED) is 0.838. The van der Waals surface area contributed by atoms with Crippen LogP contribution in [0, 0.1) is 0 Å². The van der Waals surface area contributed by atoms with Gasteiger partial charge in [0.2, 0.25) is 5.95 Å². The van der Waals surface area contributed by atoms with Crippen LogP contribution in [0.15, 0.2) is 35.2 Å². The fraction of sp³-hybridized carbons (Fsp3) is 0.467. The van der Waals surface area contributed by atoms with Crippen LogP contribution in [0.1, 0.15) is 31.1 Å². The Labute approximate surface area is 119 Å². The molecule has 1 fully saturated rings. The minimum atomic E-state index is 0.698. The summed E-state index contributed by atoms with van der Waals surface area (Å²) < 4.78 is 5.38. The van der Waals surface area contributed by atoms with Gasteiger partial charge in [-0.25, -0.2) is 9.97 Å². The van der Waals surface area contributed by atoms with E-state index in [0.717, 1.165) is 30.4 Å². The van der Waals surface area contributed by atoms with Crippen LogP contribution in [0.4, 0.5) is 5.95 Å². The van der Waals surface area contributed by atoms with E-state index in [1.54, 1.807) is 6.26 Å². The van der Waals surface area contributed by atoms with Gasteiger partial charge in [0.15, 0.2) is 0 Å². The van der Waals surface area contributed by atoms with E-state index in [-0.39, 0.29) is 0 Å². The Hall–Kier alpha value is -1.88. The predicted octanol–water partition coefficient (Wildman–Crippen LogP) is 2.35. The summed E-state index contributed by atoms with van der Waals surface area (Å²) in [4.78, 5) is 11.0. The summed E-state index contributed by atoms with van der Waals surface area (Å²) in [6, 6.07) is 4.58. The Balaban J connectivity index is 1.61. The minimum Gasteiger partial charge on any atom is -0.467 e. The van der Waals surface area contributed by atoms with Gasteiger partial charge >= 0.3 is 0 Å². The molecule has 0 bridgehead atoms. The van der Waals surface area contributed by atoms with Crippen LogP contribution in [0.25, 0.3) is 0 Å². The number of anilines is 1. The van der Waals surface area contributed by atoms with Gasteiger partial charge in [-0.15, -0.1) is 0 Å². The molecule has 1 aliphatic carbocycles. The van der Waals surface area contributed by atoms with E-state index >= 15 is 0 Å². The molecule has 0 atom stereocenters. The highest BCUT2D eigenvalue weighted by atomic mass is 16.3. The van der Waals surface area contributed by atoms with Gasteiger partial charge in [-0.2, -0.15) is 0 Å². The SMILES string of the molecule is CCN(Cc1ccco1)c1ncc(CNC2CC2)cn1. The van der Waals surface area contributed by atoms with Crippen LogP contribution in [-0.2, 0) is 13.1 Å². The first kappa shape index (κ1) is 13.1. The predicted molar refractivity (Wildman–Crippen MR) is 77.3 cm³/mol. The summed E-state index contributed by atoms with van der Waals surface area (Å²) in [6.45, 7) is 4.49. The summed E-state index contributed by atoms with van der Waals surface area (Å²) in [6.07, 6.45) is 8.10. The highest BCUT2D eigenvalue weighted by Gasteiger charge is 2.20. The molecule has 3 rings (SSSR count). The third-order valence-corrected chi connectivity index (χ3v) is 3.46. The zero-order chi connectivity index (χ0) is 13.8. The molecule has 1 saturated carbocycles. The monoisotopic (exact) mass is 272 g/mol. The summed E-state index contributed by atoms with van der Waals surface area (Å²) in [5.74, 6) is 1.67. The molecule has 0 spiro atoms. The lowest BCUT2D eigenvalue weighted by Gasteiger charge is -2.19. The lowest BCUT2D eigenvalue weighted by Crippen LogP contribution is -2.24. The molecule has 1 N–H and O–H groups in total. The molecule has 5 heteroatoms. The first-order valence-electron chi connectivity index (χ1n) is 7.17. The number of rotatable bonds is 7. The van der Waals surface area contributed by atoms with Crippen molar-refractivity contribution in [2.75, 3.05) is 11.4 Å². The standard InChI is InChI=1S/C15H20N4O/c1-2-19(11-14-4-3-7-20-14)15-17-9-12(10-18-15)8-16-13-5-6-13/h3-4,7,9-10,13,16H,2,5-6,8,11H2,1H3. The van der Waals surface area contributed by atoms with Crippen molar-refractivity contribution < 1.29 is 4.42 Å². The van der Waals surface area contributed by atoms with Crippen LogP contribution in [0.3, 0.4) is 0 Å². The van der Waals surface area contributed by atoms with Gasteiger partial charge in [-0.3, -0.25) is 0 Å². The molecule has 0 unspecified atom stereocenters. The zero-order valence-corrected chi connectivity index (χ0v) is 11.7. The van der Waals surface area contributed by atoms with Crippen LogP contribution >= 0.6 is 0 Å². The lowest BCUT2D eigenvalue weighted by atomic mass is 10.3. The number of nitrogens with one attached hydrogen (secondary N) is 1. The molecule has 2 aromatic rings. The maximum absolute atomic E-state index is 5.38. The summed E-state index contributed by atoms with van der Waals surface area (Å²) >= 11 is 0. The van der Waals surface area contributed by atoms with E-state index in [4.69, 9.17) is 4.42 Å². The van der Waals surface area contributed by atoms with Crippen LogP contribution in [-0.4, -0.2) is 22.6 Å². The normalized spacial score (nSPS) is 14.4. The fourth-order valence-corrected chi connectivity index (χ4v) is 2.07. The fourth-order valence-electron chi connectivity index (χ4n) is 2.07. The molecule has 0 amide bonds. The molecule has 5 nitrogen and oxygen atoms in total. The molecule has 1 aliphatic rings. The summed E-state index contributed by atoms with van der Waals surface area (Å²) in [5, 5.41) is 3.46. The average Bonchev–Trinajstić information content (AvgIpc) is 3.18. The van der Waals surface area contributed by atoms with Crippen LogP contribution in [0.5, 0.6) is 0 Å². The largest absolute Gasteiger partial charge is 0.467 e. The Morgan fingerprint density at radius 2 is 2.15 bits per heavy atom. The highest BCUT2D eigenvalue weighted by Crippen LogP contribution is 2.19. The number of hydrogen-bond donors (Lipinski definition) is 1. The van der Waals surface area contributed by atoms with Gasteiger partial charge in [0.1, 0.15) is 5.76 Å². The first-order chi connectivity index (χ1) is 9.85. The van der Waals surface area contributed by atoms with E-state index in [1.165, 1.54) is 12.8 Å². The maximum atomic E-state index is 5.38.